The molecule has 0 spiro atoms. The van der Waals surface area contributed by atoms with E-state index in [4.69, 9.17) is 9.47 Å². The number of hydrogen-bond donors (Lipinski definition) is 1. The van der Waals surface area contributed by atoms with Crippen molar-refractivity contribution in [2.45, 2.75) is 58.6 Å². The predicted octanol–water partition coefficient (Wildman–Crippen LogP) is 4.15. The molecule has 3 heteroatoms. The lowest BCUT2D eigenvalue weighted by Crippen LogP contribution is -2.26. The van der Waals surface area contributed by atoms with Crippen LogP contribution in [0.15, 0.2) is 18.2 Å². The van der Waals surface area contributed by atoms with Crippen LogP contribution < -0.4 is 14.8 Å². The van der Waals surface area contributed by atoms with Crippen LogP contribution in [-0.4, -0.2) is 19.8 Å². The Bertz CT molecular complexity index is 433. The molecule has 3 nitrogen and oxygen atoms in total. The van der Waals surface area contributed by atoms with Crippen molar-refractivity contribution in [3.63, 3.8) is 0 Å². The zero-order valence-electron chi connectivity index (χ0n) is 13.7. The third-order valence-corrected chi connectivity index (χ3v) is 4.44. The Morgan fingerprint density at radius 2 is 2.10 bits per heavy atom. The van der Waals surface area contributed by atoms with Crippen molar-refractivity contribution >= 4 is 0 Å². The fraction of sp³-hybridized carbons (Fsp3) is 0.667. The van der Waals surface area contributed by atoms with Crippen LogP contribution in [0.1, 0.15) is 51.5 Å². The maximum absolute atomic E-state index is 6.32. The first-order valence-electron chi connectivity index (χ1n) is 8.31. The molecule has 0 saturated heterocycles. The number of nitrogens with one attached hydrogen (secondary N) is 1. The molecule has 1 fully saturated rings. The molecule has 0 heterocycles. The standard InChI is InChI=1S/C18H29NO2/c1-4-14-7-6-8-17(11-14)21-18-10-9-16(20-3)12-15(18)13-19-5-2/h9-10,12,14,17,19H,4-8,11,13H2,1-3H3. The molecule has 0 radical (unpaired) electrons. The van der Waals surface area contributed by atoms with Gasteiger partial charge in [0.25, 0.3) is 0 Å². The van der Waals surface area contributed by atoms with Gasteiger partial charge in [-0.2, -0.15) is 0 Å². The second kappa shape index (κ2) is 8.28. The van der Waals surface area contributed by atoms with Crippen LogP contribution in [0.25, 0.3) is 0 Å². The van der Waals surface area contributed by atoms with Crippen LogP contribution in [0.5, 0.6) is 11.5 Å². The fourth-order valence-electron chi connectivity index (χ4n) is 3.09. The zero-order valence-corrected chi connectivity index (χ0v) is 13.7. The van der Waals surface area contributed by atoms with Crippen molar-refractivity contribution in [1.82, 2.24) is 5.32 Å². The van der Waals surface area contributed by atoms with Gasteiger partial charge in [-0.05, 0) is 49.9 Å². The highest BCUT2D eigenvalue weighted by atomic mass is 16.5. The van der Waals surface area contributed by atoms with Gasteiger partial charge in [0.15, 0.2) is 0 Å². The monoisotopic (exact) mass is 291 g/mol. The van der Waals surface area contributed by atoms with E-state index in [1.807, 2.05) is 6.07 Å². The quantitative estimate of drug-likeness (QED) is 0.818. The molecule has 1 aliphatic carbocycles. The van der Waals surface area contributed by atoms with Crippen molar-refractivity contribution in [3.8, 4) is 11.5 Å². The lowest BCUT2D eigenvalue weighted by atomic mass is 9.85. The smallest absolute Gasteiger partial charge is 0.124 e. The lowest BCUT2D eigenvalue weighted by molar-refractivity contribution is 0.120. The van der Waals surface area contributed by atoms with Crippen molar-refractivity contribution < 1.29 is 9.47 Å². The first-order valence-corrected chi connectivity index (χ1v) is 8.31. The number of methoxy groups -OCH3 is 1. The van der Waals surface area contributed by atoms with Crippen LogP contribution in [-0.2, 0) is 6.54 Å². The summed E-state index contributed by atoms with van der Waals surface area (Å²) in [6.07, 6.45) is 6.68. The van der Waals surface area contributed by atoms with E-state index < -0.39 is 0 Å². The number of ether oxygens (including phenoxy) is 2. The molecule has 2 atom stereocenters. The summed E-state index contributed by atoms with van der Waals surface area (Å²) >= 11 is 0. The second-order valence-electron chi connectivity index (χ2n) is 5.93. The molecule has 1 saturated carbocycles. The molecule has 1 N–H and O–H groups in total. The van der Waals surface area contributed by atoms with Crippen LogP contribution in [0.3, 0.4) is 0 Å². The summed E-state index contributed by atoms with van der Waals surface area (Å²) in [6.45, 7) is 6.19. The van der Waals surface area contributed by atoms with Crippen molar-refractivity contribution in [1.29, 1.82) is 0 Å². The Kier molecular flexibility index (Phi) is 6.37. The van der Waals surface area contributed by atoms with E-state index >= 15 is 0 Å². The topological polar surface area (TPSA) is 30.5 Å². The molecule has 118 valence electrons. The summed E-state index contributed by atoms with van der Waals surface area (Å²) in [5, 5.41) is 3.38. The van der Waals surface area contributed by atoms with Gasteiger partial charge in [0.05, 0.1) is 13.2 Å². The lowest BCUT2D eigenvalue weighted by Gasteiger charge is -2.29. The van der Waals surface area contributed by atoms with E-state index in [1.165, 1.54) is 37.7 Å². The molecule has 0 amide bonds. The van der Waals surface area contributed by atoms with E-state index in [0.717, 1.165) is 30.5 Å². The maximum atomic E-state index is 6.32. The van der Waals surface area contributed by atoms with Crippen molar-refractivity contribution in [2.75, 3.05) is 13.7 Å². The highest BCUT2D eigenvalue weighted by Gasteiger charge is 2.22. The van der Waals surface area contributed by atoms with E-state index in [1.54, 1.807) is 7.11 Å². The Balaban J connectivity index is 2.06. The molecule has 0 aliphatic heterocycles. The fourth-order valence-corrected chi connectivity index (χ4v) is 3.09. The van der Waals surface area contributed by atoms with Gasteiger partial charge in [-0.3, -0.25) is 0 Å². The Hall–Kier alpha value is -1.22. The largest absolute Gasteiger partial charge is 0.497 e. The Morgan fingerprint density at radius 1 is 1.24 bits per heavy atom. The number of rotatable bonds is 7. The second-order valence-corrected chi connectivity index (χ2v) is 5.93. The summed E-state index contributed by atoms with van der Waals surface area (Å²) in [4.78, 5) is 0. The van der Waals surface area contributed by atoms with Gasteiger partial charge in [0.2, 0.25) is 0 Å². The summed E-state index contributed by atoms with van der Waals surface area (Å²) in [6, 6.07) is 6.13. The molecule has 0 aromatic heterocycles. The number of benzene rings is 1. The van der Waals surface area contributed by atoms with Crippen LogP contribution in [0.2, 0.25) is 0 Å². The predicted molar refractivity (Wildman–Crippen MR) is 87.0 cm³/mol. The normalized spacial score (nSPS) is 22.0. The van der Waals surface area contributed by atoms with E-state index in [-0.39, 0.29) is 0 Å². The van der Waals surface area contributed by atoms with Gasteiger partial charge < -0.3 is 14.8 Å². The van der Waals surface area contributed by atoms with Crippen LogP contribution in [0, 0.1) is 5.92 Å². The molecule has 0 bridgehead atoms. The summed E-state index contributed by atoms with van der Waals surface area (Å²) in [5.74, 6) is 2.74. The molecule has 1 aromatic rings. The molecular weight excluding hydrogens is 262 g/mol. The third-order valence-electron chi connectivity index (χ3n) is 4.44. The van der Waals surface area contributed by atoms with Gasteiger partial charge in [0, 0.05) is 12.1 Å². The molecule has 2 rings (SSSR count). The summed E-state index contributed by atoms with van der Waals surface area (Å²) in [7, 11) is 1.71. The average molecular weight is 291 g/mol. The van der Waals surface area contributed by atoms with Gasteiger partial charge in [-0.1, -0.05) is 26.7 Å². The maximum Gasteiger partial charge on any atom is 0.124 e. The van der Waals surface area contributed by atoms with Gasteiger partial charge in [0.1, 0.15) is 11.5 Å². The average Bonchev–Trinajstić information content (AvgIpc) is 2.54. The highest BCUT2D eigenvalue weighted by molar-refractivity contribution is 5.40. The zero-order chi connectivity index (χ0) is 15.1. The van der Waals surface area contributed by atoms with Crippen LogP contribution in [0.4, 0.5) is 0 Å². The first kappa shape index (κ1) is 16.2. The van der Waals surface area contributed by atoms with E-state index in [2.05, 4.69) is 31.3 Å². The van der Waals surface area contributed by atoms with E-state index in [9.17, 15) is 0 Å². The summed E-state index contributed by atoms with van der Waals surface area (Å²) < 4.78 is 11.7. The molecule has 2 unspecified atom stereocenters. The Morgan fingerprint density at radius 3 is 2.81 bits per heavy atom. The third kappa shape index (κ3) is 4.63. The minimum Gasteiger partial charge on any atom is -0.497 e. The first-order chi connectivity index (χ1) is 10.3. The minimum atomic E-state index is 0.373. The molecule has 1 aromatic carbocycles. The number of hydrogen-bond acceptors (Lipinski definition) is 3. The summed E-state index contributed by atoms with van der Waals surface area (Å²) in [5.41, 5.74) is 1.19. The van der Waals surface area contributed by atoms with E-state index in [0.29, 0.717) is 6.10 Å². The molecule has 1 aliphatic rings. The SMILES string of the molecule is CCNCc1cc(OC)ccc1OC1CCCC(CC)C1. The Labute approximate surface area is 129 Å². The van der Waals surface area contributed by atoms with Gasteiger partial charge >= 0.3 is 0 Å². The highest BCUT2D eigenvalue weighted by Crippen LogP contribution is 2.32. The molecular formula is C18H29NO2. The van der Waals surface area contributed by atoms with Crippen molar-refractivity contribution in [2.24, 2.45) is 5.92 Å². The van der Waals surface area contributed by atoms with Crippen molar-refractivity contribution in [3.05, 3.63) is 23.8 Å². The van der Waals surface area contributed by atoms with Gasteiger partial charge in [-0.25, -0.2) is 0 Å². The minimum absolute atomic E-state index is 0.373. The van der Waals surface area contributed by atoms with Gasteiger partial charge in [-0.15, -0.1) is 0 Å². The molecule has 21 heavy (non-hydrogen) atoms. The van der Waals surface area contributed by atoms with Crippen LogP contribution >= 0.6 is 0 Å².